The first-order chi connectivity index (χ1) is 5.51. The first-order valence-electron chi connectivity index (χ1n) is 3.74. The third-order valence-electron chi connectivity index (χ3n) is 1.56. The topological polar surface area (TPSA) is 79.2 Å². The molecule has 11 heavy (non-hydrogen) atoms. The molecular formula is C6H12O5. The van der Waals surface area contributed by atoms with Crippen LogP contribution in [0.5, 0.6) is 0 Å². The van der Waals surface area contributed by atoms with E-state index in [-0.39, 0.29) is 6.61 Å². The number of aliphatic hydroxyl groups excluding tert-OH is 3. The van der Waals surface area contributed by atoms with Crippen molar-refractivity contribution < 1.29 is 26.2 Å². The predicted molar refractivity (Wildman–Crippen MR) is 34.8 cm³/mol. The Balaban J connectivity index is 2.71. The molecule has 0 bridgehead atoms. The summed E-state index contributed by atoms with van der Waals surface area (Å²) < 4.78 is 16.6. The second kappa shape index (κ2) is 3.46. The molecule has 1 heterocycles. The molecule has 0 radical (unpaired) electrons. The Morgan fingerprint density at radius 3 is 2.64 bits per heavy atom. The third kappa shape index (κ3) is 1.69. The van der Waals surface area contributed by atoms with Crippen molar-refractivity contribution >= 4 is 0 Å². The van der Waals surface area contributed by atoms with Crippen molar-refractivity contribution in [1.29, 1.82) is 0 Å². The van der Waals surface area contributed by atoms with Crippen molar-refractivity contribution in [2.75, 3.05) is 13.7 Å². The molecule has 3 N–H and O–H groups in total. The number of ether oxygens (including phenoxy) is 2. The normalized spacial score (nSPS) is 53.8. The van der Waals surface area contributed by atoms with E-state index in [4.69, 9.17) is 16.3 Å². The molecule has 0 aromatic carbocycles. The van der Waals surface area contributed by atoms with Crippen molar-refractivity contribution in [2.24, 2.45) is 0 Å². The Kier molecular flexibility index (Phi) is 2.35. The van der Waals surface area contributed by atoms with Gasteiger partial charge in [0.1, 0.15) is 18.3 Å². The minimum absolute atomic E-state index is 0.227. The molecule has 0 aromatic heterocycles. The number of hydrogen-bond donors (Lipinski definition) is 3. The fourth-order valence-corrected chi connectivity index (χ4v) is 0.881. The molecule has 0 amide bonds. The third-order valence-corrected chi connectivity index (χ3v) is 1.56. The SMILES string of the molecule is [2H]C1(OC)OCC(O)C(O)C1O. The minimum Gasteiger partial charge on any atom is -0.388 e. The summed E-state index contributed by atoms with van der Waals surface area (Å²) in [6, 6.07) is 0. The van der Waals surface area contributed by atoms with E-state index in [1.165, 1.54) is 7.11 Å². The summed E-state index contributed by atoms with van der Waals surface area (Å²) in [5.41, 5.74) is 0. The van der Waals surface area contributed by atoms with Crippen molar-refractivity contribution in [3.8, 4) is 0 Å². The Labute approximate surface area is 65.6 Å². The maximum Gasteiger partial charge on any atom is 0.185 e. The van der Waals surface area contributed by atoms with Gasteiger partial charge in [0.25, 0.3) is 0 Å². The van der Waals surface area contributed by atoms with E-state index in [2.05, 4.69) is 4.74 Å². The zero-order chi connectivity index (χ0) is 9.35. The van der Waals surface area contributed by atoms with Gasteiger partial charge in [-0.2, -0.15) is 0 Å². The van der Waals surface area contributed by atoms with Crippen molar-refractivity contribution in [1.82, 2.24) is 0 Å². The molecule has 1 fully saturated rings. The van der Waals surface area contributed by atoms with Crippen molar-refractivity contribution in [3.05, 3.63) is 0 Å². The minimum atomic E-state index is -1.97. The second-order valence-corrected chi connectivity index (χ2v) is 2.34. The number of hydrogen-bond acceptors (Lipinski definition) is 5. The summed E-state index contributed by atoms with van der Waals surface area (Å²) >= 11 is 0. The Hall–Kier alpha value is -0.200. The van der Waals surface area contributed by atoms with E-state index < -0.39 is 24.6 Å². The van der Waals surface area contributed by atoms with E-state index in [0.29, 0.717) is 0 Å². The van der Waals surface area contributed by atoms with Gasteiger partial charge in [0.2, 0.25) is 0 Å². The van der Waals surface area contributed by atoms with Gasteiger partial charge in [0.05, 0.1) is 7.98 Å². The van der Waals surface area contributed by atoms with Crippen LogP contribution in [0.4, 0.5) is 0 Å². The van der Waals surface area contributed by atoms with Gasteiger partial charge in [0.15, 0.2) is 6.27 Å². The second-order valence-electron chi connectivity index (χ2n) is 2.34. The summed E-state index contributed by atoms with van der Waals surface area (Å²) in [7, 11) is 1.18. The molecule has 0 spiro atoms. The zero-order valence-electron chi connectivity index (χ0n) is 7.10. The van der Waals surface area contributed by atoms with Crippen LogP contribution in [0.15, 0.2) is 0 Å². The molecule has 66 valence electrons. The predicted octanol–water partition coefficient (Wildman–Crippen LogP) is -1.93. The van der Waals surface area contributed by atoms with Gasteiger partial charge >= 0.3 is 0 Å². The van der Waals surface area contributed by atoms with Crippen LogP contribution >= 0.6 is 0 Å². The van der Waals surface area contributed by atoms with E-state index >= 15 is 0 Å². The van der Waals surface area contributed by atoms with Crippen LogP contribution in [0.2, 0.25) is 0 Å². The lowest BCUT2D eigenvalue weighted by Gasteiger charge is -2.33. The van der Waals surface area contributed by atoms with Gasteiger partial charge in [-0.05, 0) is 0 Å². The average Bonchev–Trinajstić information content (AvgIpc) is 2.09. The fraction of sp³-hybridized carbons (Fsp3) is 1.00. The monoisotopic (exact) mass is 165 g/mol. The van der Waals surface area contributed by atoms with Gasteiger partial charge in [-0.3, -0.25) is 0 Å². The molecule has 5 nitrogen and oxygen atoms in total. The van der Waals surface area contributed by atoms with Gasteiger partial charge in [0, 0.05) is 7.11 Å². The largest absolute Gasteiger partial charge is 0.388 e. The quantitative estimate of drug-likeness (QED) is 0.422. The maximum atomic E-state index is 9.22. The molecule has 1 aliphatic heterocycles. The lowest BCUT2D eigenvalue weighted by Crippen LogP contribution is -2.53. The highest BCUT2D eigenvalue weighted by molar-refractivity contribution is 4.81. The Bertz CT molecular complexity index is 166. The summed E-state index contributed by atoms with van der Waals surface area (Å²) in [4.78, 5) is 0. The highest BCUT2D eigenvalue weighted by Gasteiger charge is 2.37. The van der Waals surface area contributed by atoms with Crippen LogP contribution in [-0.2, 0) is 9.47 Å². The molecule has 0 aliphatic carbocycles. The number of rotatable bonds is 1. The standard InChI is InChI=1S/C6H12O5/c1-10-6-5(9)4(8)3(7)2-11-6/h3-9H,2H2,1H3/i6D. The van der Waals surface area contributed by atoms with Crippen LogP contribution in [0.25, 0.3) is 0 Å². The molecule has 0 aromatic rings. The van der Waals surface area contributed by atoms with E-state index in [0.717, 1.165) is 0 Å². The molecule has 0 saturated carbocycles. The Morgan fingerprint density at radius 1 is 1.45 bits per heavy atom. The molecule has 4 atom stereocenters. The van der Waals surface area contributed by atoms with Crippen molar-refractivity contribution in [2.45, 2.75) is 24.6 Å². The van der Waals surface area contributed by atoms with E-state index in [9.17, 15) is 5.11 Å². The van der Waals surface area contributed by atoms with Gasteiger partial charge in [-0.1, -0.05) is 0 Å². The van der Waals surface area contributed by atoms with Gasteiger partial charge in [-0.25, -0.2) is 0 Å². The van der Waals surface area contributed by atoms with Crippen molar-refractivity contribution in [3.63, 3.8) is 0 Å². The van der Waals surface area contributed by atoms with Crippen LogP contribution in [0.3, 0.4) is 0 Å². The average molecular weight is 165 g/mol. The van der Waals surface area contributed by atoms with Crippen LogP contribution in [0, 0.1) is 0 Å². The smallest absolute Gasteiger partial charge is 0.185 e. The van der Waals surface area contributed by atoms with Gasteiger partial charge in [-0.15, -0.1) is 0 Å². The highest BCUT2D eigenvalue weighted by Crippen LogP contribution is 2.15. The summed E-state index contributed by atoms with van der Waals surface area (Å²) in [6.45, 7) is -0.227. The van der Waals surface area contributed by atoms with Crippen LogP contribution in [-0.4, -0.2) is 53.6 Å². The van der Waals surface area contributed by atoms with Gasteiger partial charge < -0.3 is 24.8 Å². The summed E-state index contributed by atoms with van der Waals surface area (Å²) in [5.74, 6) is 0. The van der Waals surface area contributed by atoms with E-state index in [1.807, 2.05) is 0 Å². The first kappa shape index (κ1) is 7.45. The van der Waals surface area contributed by atoms with Crippen LogP contribution in [0.1, 0.15) is 1.37 Å². The summed E-state index contributed by atoms with van der Waals surface area (Å²) in [5, 5.41) is 27.4. The molecule has 4 unspecified atom stereocenters. The summed E-state index contributed by atoms with van der Waals surface area (Å²) in [6.07, 6.45) is -6.12. The van der Waals surface area contributed by atoms with E-state index in [1.54, 1.807) is 0 Å². The molecule has 1 rings (SSSR count). The van der Waals surface area contributed by atoms with Crippen LogP contribution < -0.4 is 0 Å². The number of methoxy groups -OCH3 is 1. The Morgan fingerprint density at radius 2 is 2.09 bits per heavy atom. The molecule has 1 saturated heterocycles. The maximum absolute atomic E-state index is 9.22. The molecular weight excluding hydrogens is 152 g/mol. The molecule has 1 aliphatic rings. The lowest BCUT2D eigenvalue weighted by molar-refractivity contribution is -0.261. The fourth-order valence-electron chi connectivity index (χ4n) is 0.881. The molecule has 5 heteroatoms. The lowest BCUT2D eigenvalue weighted by atomic mass is 10.1. The number of aliphatic hydroxyl groups is 3. The zero-order valence-corrected chi connectivity index (χ0v) is 6.10. The highest BCUT2D eigenvalue weighted by atomic mass is 16.7. The first-order valence-corrected chi connectivity index (χ1v) is 3.24.